The Morgan fingerprint density at radius 3 is 2.72 bits per heavy atom. The van der Waals surface area contributed by atoms with Gasteiger partial charge in [-0.15, -0.1) is 0 Å². The summed E-state index contributed by atoms with van der Waals surface area (Å²) >= 11 is 1.78. The van der Waals surface area contributed by atoms with E-state index in [2.05, 4.69) is 9.71 Å². The maximum atomic E-state index is 12.1. The average molecular weight is 288 g/mol. The van der Waals surface area contributed by atoms with Crippen LogP contribution in [0.3, 0.4) is 0 Å². The summed E-state index contributed by atoms with van der Waals surface area (Å²) < 4.78 is 26.8. The predicted molar refractivity (Wildman–Crippen MR) is 72.3 cm³/mol. The Kier molecular flexibility index (Phi) is 4.14. The van der Waals surface area contributed by atoms with Crippen molar-refractivity contribution < 1.29 is 8.42 Å². The van der Waals surface area contributed by atoms with Crippen LogP contribution in [0.2, 0.25) is 0 Å². The molecule has 0 spiro atoms. The molecule has 1 aliphatic rings. The molecule has 1 aromatic rings. The summed E-state index contributed by atoms with van der Waals surface area (Å²) in [5.41, 5.74) is -0.308. The highest BCUT2D eigenvalue weighted by Gasteiger charge is 2.28. The van der Waals surface area contributed by atoms with E-state index in [0.29, 0.717) is 5.25 Å². The Hall–Kier alpha value is -0.790. The number of hydrogen-bond donors (Lipinski definition) is 2. The van der Waals surface area contributed by atoms with Crippen LogP contribution in [0.25, 0.3) is 0 Å². The number of rotatable bonds is 4. The third-order valence-corrected chi connectivity index (χ3v) is 5.72. The molecule has 100 valence electrons. The molecule has 2 unspecified atom stereocenters. The van der Waals surface area contributed by atoms with Crippen LogP contribution in [-0.4, -0.2) is 30.9 Å². The molecule has 0 amide bonds. The Balaban J connectivity index is 2.08. The molecule has 2 atom stereocenters. The van der Waals surface area contributed by atoms with Crippen molar-refractivity contribution in [2.45, 2.75) is 35.4 Å². The fraction of sp³-hybridized carbons (Fsp3) is 0.545. The molecular weight excluding hydrogens is 272 g/mol. The van der Waals surface area contributed by atoms with Gasteiger partial charge in [-0.05, 0) is 31.6 Å². The van der Waals surface area contributed by atoms with Crippen LogP contribution in [0.1, 0.15) is 19.3 Å². The van der Waals surface area contributed by atoms with E-state index in [1.165, 1.54) is 18.3 Å². The van der Waals surface area contributed by atoms with Crippen LogP contribution in [0.5, 0.6) is 0 Å². The van der Waals surface area contributed by atoms with Gasteiger partial charge in [0, 0.05) is 23.6 Å². The fourth-order valence-corrected chi connectivity index (χ4v) is 4.16. The van der Waals surface area contributed by atoms with Crippen molar-refractivity contribution in [3.63, 3.8) is 0 Å². The third-order valence-electron chi connectivity index (χ3n) is 3.11. The third kappa shape index (κ3) is 3.15. The van der Waals surface area contributed by atoms with E-state index in [1.807, 2.05) is 6.26 Å². The summed E-state index contributed by atoms with van der Waals surface area (Å²) in [5, 5.41) is 0.535. The normalized spacial score (nSPS) is 24.3. The lowest BCUT2D eigenvalue weighted by Gasteiger charge is -2.13. The monoisotopic (exact) mass is 288 g/mol. The molecule has 0 aliphatic heterocycles. The van der Waals surface area contributed by atoms with Crippen molar-refractivity contribution in [2.24, 2.45) is 0 Å². The van der Waals surface area contributed by atoms with Gasteiger partial charge in [0.05, 0.1) is 4.90 Å². The van der Waals surface area contributed by atoms with Crippen molar-refractivity contribution in [1.82, 2.24) is 9.71 Å². The topological polar surface area (TPSA) is 79.0 Å². The molecule has 7 heteroatoms. The molecule has 2 rings (SSSR count). The minimum Gasteiger partial charge on any atom is -0.328 e. The van der Waals surface area contributed by atoms with E-state index in [9.17, 15) is 13.2 Å². The first kappa shape index (κ1) is 13.6. The molecule has 0 radical (unpaired) electrons. The van der Waals surface area contributed by atoms with Crippen molar-refractivity contribution in [2.75, 3.05) is 6.26 Å². The van der Waals surface area contributed by atoms with Gasteiger partial charge < -0.3 is 4.98 Å². The summed E-state index contributed by atoms with van der Waals surface area (Å²) in [6.07, 6.45) is 6.05. The van der Waals surface area contributed by atoms with Crippen LogP contribution in [0.15, 0.2) is 28.0 Å². The smallest absolute Gasteiger partial charge is 0.247 e. The van der Waals surface area contributed by atoms with Crippen molar-refractivity contribution in [1.29, 1.82) is 0 Å². The van der Waals surface area contributed by atoms with Gasteiger partial charge in [0.2, 0.25) is 15.6 Å². The number of thioether (sulfide) groups is 1. The molecule has 1 aliphatic carbocycles. The number of nitrogens with one attached hydrogen (secondary N) is 2. The standard InChI is InChI=1S/C11H16N2O3S2/c1-17-9-3-2-8(6-9)13-18(15,16)10-4-5-11(14)12-7-10/h4-5,7-9,13H,2-3,6H2,1H3,(H,12,14). The van der Waals surface area contributed by atoms with Gasteiger partial charge >= 0.3 is 0 Å². The lowest BCUT2D eigenvalue weighted by molar-refractivity contribution is 0.552. The maximum absolute atomic E-state index is 12.1. The zero-order valence-electron chi connectivity index (χ0n) is 10.0. The van der Waals surface area contributed by atoms with Crippen molar-refractivity contribution >= 4 is 21.8 Å². The van der Waals surface area contributed by atoms with E-state index in [1.54, 1.807) is 11.8 Å². The molecule has 2 N–H and O–H groups in total. The van der Waals surface area contributed by atoms with E-state index < -0.39 is 10.0 Å². The summed E-state index contributed by atoms with van der Waals surface area (Å²) in [4.78, 5) is 13.4. The van der Waals surface area contributed by atoms with Gasteiger partial charge in [-0.1, -0.05) is 0 Å². The highest BCUT2D eigenvalue weighted by Crippen LogP contribution is 2.28. The molecule has 0 saturated heterocycles. The fourth-order valence-electron chi connectivity index (χ4n) is 2.11. The second kappa shape index (κ2) is 5.46. The minimum absolute atomic E-state index is 0.000576. The summed E-state index contributed by atoms with van der Waals surface area (Å²) in [6.45, 7) is 0. The van der Waals surface area contributed by atoms with Crippen molar-refractivity contribution in [3.8, 4) is 0 Å². The van der Waals surface area contributed by atoms with Crippen LogP contribution < -0.4 is 10.3 Å². The van der Waals surface area contributed by atoms with Gasteiger partial charge in [0.15, 0.2) is 0 Å². The van der Waals surface area contributed by atoms with Crippen LogP contribution in [0.4, 0.5) is 0 Å². The predicted octanol–water partition coefficient (Wildman–Crippen LogP) is 0.937. The molecule has 0 bridgehead atoms. The molecule has 18 heavy (non-hydrogen) atoms. The molecule has 5 nitrogen and oxygen atoms in total. The highest BCUT2D eigenvalue weighted by molar-refractivity contribution is 7.99. The minimum atomic E-state index is -3.52. The lowest BCUT2D eigenvalue weighted by Crippen LogP contribution is -2.33. The van der Waals surface area contributed by atoms with Crippen LogP contribution >= 0.6 is 11.8 Å². The van der Waals surface area contributed by atoms with Crippen LogP contribution in [-0.2, 0) is 10.0 Å². The first-order valence-electron chi connectivity index (χ1n) is 5.75. The van der Waals surface area contributed by atoms with E-state index in [0.717, 1.165) is 19.3 Å². The Morgan fingerprint density at radius 2 is 2.17 bits per heavy atom. The van der Waals surface area contributed by atoms with Gasteiger partial charge in [-0.25, -0.2) is 13.1 Å². The van der Waals surface area contributed by atoms with E-state index in [4.69, 9.17) is 0 Å². The number of pyridine rings is 1. The van der Waals surface area contributed by atoms with Gasteiger partial charge in [0.25, 0.3) is 0 Å². The Labute approximate surface area is 110 Å². The SMILES string of the molecule is CSC1CCC(NS(=O)(=O)c2ccc(=O)[nH]c2)C1. The summed E-state index contributed by atoms with van der Waals surface area (Å²) in [6, 6.07) is 2.54. The Bertz CT molecular complexity index is 547. The number of sulfonamides is 1. The molecule has 1 saturated carbocycles. The van der Waals surface area contributed by atoms with E-state index >= 15 is 0 Å². The zero-order valence-corrected chi connectivity index (χ0v) is 11.7. The number of aromatic amines is 1. The Morgan fingerprint density at radius 1 is 1.39 bits per heavy atom. The lowest BCUT2D eigenvalue weighted by atomic mass is 10.3. The zero-order chi connectivity index (χ0) is 13.2. The van der Waals surface area contributed by atoms with Gasteiger partial charge in [-0.2, -0.15) is 11.8 Å². The van der Waals surface area contributed by atoms with Crippen molar-refractivity contribution in [3.05, 3.63) is 28.7 Å². The molecular formula is C11H16N2O3S2. The quantitative estimate of drug-likeness (QED) is 0.864. The van der Waals surface area contributed by atoms with Gasteiger partial charge in [-0.3, -0.25) is 4.79 Å². The first-order chi connectivity index (χ1) is 8.51. The van der Waals surface area contributed by atoms with Crippen LogP contribution in [0, 0.1) is 0 Å². The second-order valence-electron chi connectivity index (χ2n) is 4.38. The average Bonchev–Trinajstić information content (AvgIpc) is 2.76. The molecule has 1 fully saturated rings. The van der Waals surface area contributed by atoms with E-state index in [-0.39, 0.29) is 16.5 Å². The molecule has 1 heterocycles. The highest BCUT2D eigenvalue weighted by atomic mass is 32.2. The maximum Gasteiger partial charge on any atom is 0.247 e. The molecule has 0 aromatic carbocycles. The number of hydrogen-bond acceptors (Lipinski definition) is 4. The first-order valence-corrected chi connectivity index (χ1v) is 8.52. The second-order valence-corrected chi connectivity index (χ2v) is 7.23. The summed E-state index contributed by atoms with van der Waals surface area (Å²) in [7, 11) is -3.52. The van der Waals surface area contributed by atoms with Gasteiger partial charge in [0.1, 0.15) is 0 Å². The number of H-pyrrole nitrogens is 1. The largest absolute Gasteiger partial charge is 0.328 e. The number of aromatic nitrogens is 1. The molecule has 1 aromatic heterocycles. The summed E-state index contributed by atoms with van der Waals surface area (Å²) in [5.74, 6) is 0.